The Morgan fingerprint density at radius 1 is 1.46 bits per heavy atom. The Morgan fingerprint density at radius 3 is 2.85 bits per heavy atom. The fourth-order valence-electron chi connectivity index (χ4n) is 1.47. The molecule has 0 aromatic carbocycles. The van der Waals surface area contributed by atoms with Crippen molar-refractivity contribution in [2.24, 2.45) is 0 Å². The molecule has 0 unspecified atom stereocenters. The molecule has 1 amide bonds. The Morgan fingerprint density at radius 2 is 2.15 bits per heavy atom. The van der Waals surface area contributed by atoms with Crippen molar-refractivity contribution in [1.29, 1.82) is 0 Å². The zero-order valence-corrected chi connectivity index (χ0v) is 7.53. The van der Waals surface area contributed by atoms with Crippen LogP contribution in [0.25, 0.3) is 0 Å². The van der Waals surface area contributed by atoms with Crippen molar-refractivity contribution in [3.63, 3.8) is 0 Å². The van der Waals surface area contributed by atoms with E-state index in [0.717, 1.165) is 11.3 Å². The lowest BCUT2D eigenvalue weighted by Gasteiger charge is -2.09. The standard InChI is InChI=1S/C8H10N4O/c1-4-5-3-6(13)12(2)7(5)11-8(9)10-4/h3H2,1-2H3,(H2,9,10,11). The van der Waals surface area contributed by atoms with Gasteiger partial charge in [-0.25, -0.2) is 4.98 Å². The van der Waals surface area contributed by atoms with Crippen LogP contribution in [-0.4, -0.2) is 22.9 Å². The van der Waals surface area contributed by atoms with Crippen LogP contribution >= 0.6 is 0 Å². The topological polar surface area (TPSA) is 72.1 Å². The summed E-state index contributed by atoms with van der Waals surface area (Å²) in [5.74, 6) is 0.908. The SMILES string of the molecule is Cc1nc(N)nc2c1CC(=O)N2C. The van der Waals surface area contributed by atoms with Crippen LogP contribution in [0.1, 0.15) is 11.3 Å². The molecule has 5 nitrogen and oxygen atoms in total. The van der Waals surface area contributed by atoms with E-state index in [1.807, 2.05) is 6.92 Å². The van der Waals surface area contributed by atoms with E-state index in [4.69, 9.17) is 5.73 Å². The normalized spacial score (nSPS) is 14.9. The largest absolute Gasteiger partial charge is 0.368 e. The average molecular weight is 178 g/mol. The van der Waals surface area contributed by atoms with Crippen molar-refractivity contribution in [2.75, 3.05) is 17.7 Å². The minimum absolute atomic E-state index is 0.0398. The summed E-state index contributed by atoms with van der Waals surface area (Å²) in [7, 11) is 1.69. The first kappa shape index (κ1) is 7.97. The molecule has 0 saturated carbocycles. The second kappa shape index (κ2) is 2.42. The number of fused-ring (bicyclic) bond motifs is 1. The Kier molecular flexibility index (Phi) is 1.48. The lowest BCUT2D eigenvalue weighted by Crippen LogP contribution is -2.21. The van der Waals surface area contributed by atoms with E-state index in [1.165, 1.54) is 4.90 Å². The zero-order chi connectivity index (χ0) is 9.59. The number of likely N-dealkylation sites (N-methyl/N-ethyl adjacent to an activating group) is 1. The molecule has 1 aromatic heterocycles. The number of nitrogens with zero attached hydrogens (tertiary/aromatic N) is 3. The number of nitrogen functional groups attached to an aromatic ring is 1. The molecule has 0 radical (unpaired) electrons. The Hall–Kier alpha value is -1.65. The third kappa shape index (κ3) is 1.04. The van der Waals surface area contributed by atoms with Crippen LogP contribution in [0.5, 0.6) is 0 Å². The van der Waals surface area contributed by atoms with Crippen LogP contribution in [0.4, 0.5) is 11.8 Å². The third-order valence-electron chi connectivity index (χ3n) is 2.23. The Labute approximate surface area is 75.6 Å². The van der Waals surface area contributed by atoms with Crippen molar-refractivity contribution in [3.8, 4) is 0 Å². The first-order valence-corrected chi connectivity index (χ1v) is 3.99. The van der Waals surface area contributed by atoms with E-state index in [2.05, 4.69) is 9.97 Å². The molecule has 5 heteroatoms. The summed E-state index contributed by atoms with van der Waals surface area (Å²) in [5, 5.41) is 0. The van der Waals surface area contributed by atoms with Gasteiger partial charge in [-0.05, 0) is 6.92 Å². The Bertz CT molecular complexity index is 388. The van der Waals surface area contributed by atoms with E-state index in [-0.39, 0.29) is 11.9 Å². The van der Waals surface area contributed by atoms with Crippen LogP contribution in [0.15, 0.2) is 0 Å². The molecule has 0 aliphatic carbocycles. The van der Waals surface area contributed by atoms with Gasteiger partial charge in [-0.15, -0.1) is 0 Å². The van der Waals surface area contributed by atoms with Crippen LogP contribution in [-0.2, 0) is 11.2 Å². The summed E-state index contributed by atoms with van der Waals surface area (Å²) in [6, 6.07) is 0. The van der Waals surface area contributed by atoms with Crippen LogP contribution in [0.2, 0.25) is 0 Å². The van der Waals surface area contributed by atoms with Gasteiger partial charge < -0.3 is 5.73 Å². The molecular formula is C8H10N4O. The molecule has 0 atom stereocenters. The molecule has 2 N–H and O–H groups in total. The fourth-order valence-corrected chi connectivity index (χ4v) is 1.47. The molecule has 1 aliphatic rings. The third-order valence-corrected chi connectivity index (χ3v) is 2.23. The first-order valence-electron chi connectivity index (χ1n) is 3.99. The minimum Gasteiger partial charge on any atom is -0.368 e. The highest BCUT2D eigenvalue weighted by Gasteiger charge is 2.27. The van der Waals surface area contributed by atoms with Crippen molar-refractivity contribution in [2.45, 2.75) is 13.3 Å². The van der Waals surface area contributed by atoms with Gasteiger partial charge in [0.15, 0.2) is 0 Å². The number of hydrogen-bond donors (Lipinski definition) is 1. The number of amides is 1. The number of anilines is 2. The van der Waals surface area contributed by atoms with Crippen molar-refractivity contribution < 1.29 is 4.79 Å². The minimum atomic E-state index is 0.0398. The molecule has 1 aromatic rings. The van der Waals surface area contributed by atoms with Crippen molar-refractivity contribution >= 4 is 17.7 Å². The van der Waals surface area contributed by atoms with Crippen LogP contribution < -0.4 is 10.6 Å². The Balaban J connectivity index is 2.63. The second-order valence-corrected chi connectivity index (χ2v) is 3.10. The number of aromatic nitrogens is 2. The smallest absolute Gasteiger partial charge is 0.232 e. The molecule has 2 heterocycles. The first-order chi connectivity index (χ1) is 6.09. The summed E-state index contributed by atoms with van der Waals surface area (Å²) in [6.07, 6.45) is 0.387. The van der Waals surface area contributed by atoms with Crippen LogP contribution in [0.3, 0.4) is 0 Å². The molecule has 0 bridgehead atoms. The van der Waals surface area contributed by atoms with Gasteiger partial charge in [-0.2, -0.15) is 4.98 Å². The highest BCUT2D eigenvalue weighted by molar-refractivity contribution is 6.00. The number of carbonyl (C=O) groups is 1. The molecule has 2 rings (SSSR count). The number of nitrogens with two attached hydrogens (primary N) is 1. The maximum Gasteiger partial charge on any atom is 0.232 e. The average Bonchev–Trinajstić information content (AvgIpc) is 2.32. The number of hydrogen-bond acceptors (Lipinski definition) is 4. The van der Waals surface area contributed by atoms with E-state index >= 15 is 0 Å². The summed E-state index contributed by atoms with van der Waals surface area (Å²) in [5.41, 5.74) is 7.16. The van der Waals surface area contributed by atoms with E-state index in [9.17, 15) is 4.79 Å². The molecule has 13 heavy (non-hydrogen) atoms. The quantitative estimate of drug-likeness (QED) is 0.601. The highest BCUT2D eigenvalue weighted by Crippen LogP contribution is 2.27. The predicted molar refractivity (Wildman–Crippen MR) is 48.3 cm³/mol. The lowest BCUT2D eigenvalue weighted by atomic mass is 10.2. The van der Waals surface area contributed by atoms with E-state index in [1.54, 1.807) is 7.05 Å². The number of rotatable bonds is 0. The maximum absolute atomic E-state index is 11.3. The van der Waals surface area contributed by atoms with Gasteiger partial charge in [0.05, 0.1) is 6.42 Å². The summed E-state index contributed by atoms with van der Waals surface area (Å²) in [6.45, 7) is 1.84. The predicted octanol–water partition coefficient (Wildman–Crippen LogP) is -0.114. The van der Waals surface area contributed by atoms with E-state index < -0.39 is 0 Å². The lowest BCUT2D eigenvalue weighted by molar-refractivity contribution is -0.117. The van der Waals surface area contributed by atoms with E-state index in [0.29, 0.717) is 12.2 Å². The number of aryl methyl sites for hydroxylation is 1. The molecule has 0 spiro atoms. The van der Waals surface area contributed by atoms with Gasteiger partial charge in [0.25, 0.3) is 0 Å². The summed E-state index contributed by atoms with van der Waals surface area (Å²) >= 11 is 0. The summed E-state index contributed by atoms with van der Waals surface area (Å²) in [4.78, 5) is 20.8. The molecule has 0 saturated heterocycles. The molecule has 1 aliphatic heterocycles. The monoisotopic (exact) mass is 178 g/mol. The maximum atomic E-state index is 11.3. The number of carbonyl (C=O) groups excluding carboxylic acids is 1. The van der Waals surface area contributed by atoms with Gasteiger partial charge in [0.1, 0.15) is 5.82 Å². The van der Waals surface area contributed by atoms with Gasteiger partial charge in [-0.1, -0.05) is 0 Å². The molecule has 68 valence electrons. The second-order valence-electron chi connectivity index (χ2n) is 3.10. The molecule has 0 fully saturated rings. The zero-order valence-electron chi connectivity index (χ0n) is 7.53. The van der Waals surface area contributed by atoms with Gasteiger partial charge in [0.2, 0.25) is 11.9 Å². The van der Waals surface area contributed by atoms with Crippen molar-refractivity contribution in [1.82, 2.24) is 9.97 Å². The van der Waals surface area contributed by atoms with Gasteiger partial charge in [-0.3, -0.25) is 9.69 Å². The fraction of sp³-hybridized carbons (Fsp3) is 0.375. The van der Waals surface area contributed by atoms with Gasteiger partial charge in [0, 0.05) is 18.3 Å². The highest BCUT2D eigenvalue weighted by atomic mass is 16.2. The molecular weight excluding hydrogens is 168 g/mol. The van der Waals surface area contributed by atoms with Crippen LogP contribution in [0, 0.1) is 6.92 Å². The van der Waals surface area contributed by atoms with Crippen molar-refractivity contribution in [3.05, 3.63) is 11.3 Å². The van der Waals surface area contributed by atoms with Gasteiger partial charge >= 0.3 is 0 Å². The summed E-state index contributed by atoms with van der Waals surface area (Å²) < 4.78 is 0.